The van der Waals surface area contributed by atoms with Gasteiger partial charge in [-0.25, -0.2) is 0 Å². The van der Waals surface area contributed by atoms with E-state index in [2.05, 4.69) is 36.3 Å². The highest BCUT2D eigenvalue weighted by atomic mass is 32.1. The number of hydrogen-bond donors (Lipinski definition) is 2. The molecule has 2 aromatic carbocycles. The van der Waals surface area contributed by atoms with Crippen LogP contribution in [0, 0.1) is 13.8 Å². The summed E-state index contributed by atoms with van der Waals surface area (Å²) in [6, 6.07) is 18.0. The van der Waals surface area contributed by atoms with Gasteiger partial charge in [0.25, 0.3) is 5.56 Å². The van der Waals surface area contributed by atoms with E-state index in [1.807, 2.05) is 54.3 Å². The van der Waals surface area contributed by atoms with Gasteiger partial charge >= 0.3 is 0 Å². The topological polar surface area (TPSA) is 61.3 Å². The number of hydrogen-bond acceptors (Lipinski definition) is 3. The van der Waals surface area contributed by atoms with Crippen molar-refractivity contribution < 1.29 is 4.42 Å². The van der Waals surface area contributed by atoms with Crippen molar-refractivity contribution in [3.8, 4) is 0 Å². The van der Waals surface area contributed by atoms with Gasteiger partial charge in [-0.3, -0.25) is 4.79 Å². The number of nitrogens with zero attached hydrogens (tertiary/aromatic N) is 1. The van der Waals surface area contributed by atoms with Crippen LogP contribution >= 0.6 is 12.2 Å². The van der Waals surface area contributed by atoms with Gasteiger partial charge in [0.2, 0.25) is 0 Å². The van der Waals surface area contributed by atoms with Gasteiger partial charge in [0.15, 0.2) is 5.11 Å². The average molecular weight is 446 g/mol. The highest BCUT2D eigenvalue weighted by Gasteiger charge is 2.16. The number of H-pyrrole nitrogens is 1. The van der Waals surface area contributed by atoms with Gasteiger partial charge in [0, 0.05) is 16.8 Å². The molecule has 0 amide bonds. The summed E-state index contributed by atoms with van der Waals surface area (Å²) in [5.41, 5.74) is 5.87. The molecule has 0 saturated heterocycles. The number of thiocarbonyl (C=S) groups is 1. The van der Waals surface area contributed by atoms with Crippen LogP contribution in [0.25, 0.3) is 10.9 Å². The molecular formula is C26H27N3O2S. The van der Waals surface area contributed by atoms with Gasteiger partial charge in [-0.1, -0.05) is 30.7 Å². The third-order valence-electron chi connectivity index (χ3n) is 5.59. The van der Waals surface area contributed by atoms with Crippen molar-refractivity contribution in [1.29, 1.82) is 0 Å². The van der Waals surface area contributed by atoms with E-state index >= 15 is 0 Å². The monoisotopic (exact) mass is 445 g/mol. The predicted molar refractivity (Wildman–Crippen MR) is 134 cm³/mol. The molecule has 0 saturated carbocycles. The molecule has 0 fully saturated rings. The SMILES string of the molecule is CCc1ccc2[nH]c(=O)c(CN(Cc3ccco3)C(=S)Nc3ccc(C)cc3C)cc2c1. The fourth-order valence-electron chi connectivity index (χ4n) is 3.78. The Labute approximate surface area is 193 Å². The minimum atomic E-state index is -0.111. The molecule has 0 bridgehead atoms. The van der Waals surface area contributed by atoms with E-state index in [1.54, 1.807) is 6.26 Å². The Kier molecular flexibility index (Phi) is 6.42. The number of aromatic nitrogens is 1. The van der Waals surface area contributed by atoms with Gasteiger partial charge in [-0.2, -0.15) is 0 Å². The summed E-state index contributed by atoms with van der Waals surface area (Å²) in [4.78, 5) is 17.8. The van der Waals surface area contributed by atoms with Crippen molar-refractivity contribution in [3.63, 3.8) is 0 Å². The highest BCUT2D eigenvalue weighted by molar-refractivity contribution is 7.80. The molecule has 0 atom stereocenters. The highest BCUT2D eigenvalue weighted by Crippen LogP contribution is 2.20. The molecule has 4 rings (SSSR count). The van der Waals surface area contributed by atoms with Crippen molar-refractivity contribution in [2.75, 3.05) is 5.32 Å². The van der Waals surface area contributed by atoms with Crippen LogP contribution in [0.3, 0.4) is 0 Å². The Balaban J connectivity index is 1.65. The van der Waals surface area contributed by atoms with Crippen molar-refractivity contribution in [3.05, 3.63) is 99.2 Å². The third-order valence-corrected chi connectivity index (χ3v) is 5.95. The van der Waals surface area contributed by atoms with Crippen LogP contribution in [-0.2, 0) is 19.5 Å². The first-order chi connectivity index (χ1) is 15.4. The van der Waals surface area contributed by atoms with Gasteiger partial charge in [-0.05, 0) is 85.4 Å². The lowest BCUT2D eigenvalue weighted by Crippen LogP contribution is -2.35. The Hall–Kier alpha value is -3.38. The quantitative estimate of drug-likeness (QED) is 0.373. The predicted octanol–water partition coefficient (Wildman–Crippen LogP) is 5.70. The molecule has 32 heavy (non-hydrogen) atoms. The third kappa shape index (κ3) is 4.92. The lowest BCUT2D eigenvalue weighted by atomic mass is 10.1. The summed E-state index contributed by atoms with van der Waals surface area (Å²) in [6.07, 6.45) is 2.59. The molecule has 2 N–H and O–H groups in total. The summed E-state index contributed by atoms with van der Waals surface area (Å²) >= 11 is 5.76. The van der Waals surface area contributed by atoms with Crippen LogP contribution < -0.4 is 10.9 Å². The maximum Gasteiger partial charge on any atom is 0.253 e. The van der Waals surface area contributed by atoms with Crippen LogP contribution in [0.1, 0.15) is 34.9 Å². The number of fused-ring (bicyclic) bond motifs is 1. The van der Waals surface area contributed by atoms with E-state index in [0.717, 1.165) is 34.3 Å². The second-order valence-corrected chi connectivity index (χ2v) is 8.47. The fourth-order valence-corrected chi connectivity index (χ4v) is 4.02. The molecule has 0 radical (unpaired) electrons. The molecule has 4 aromatic rings. The minimum absolute atomic E-state index is 0.111. The summed E-state index contributed by atoms with van der Waals surface area (Å²) in [7, 11) is 0. The lowest BCUT2D eigenvalue weighted by Gasteiger charge is -2.25. The molecule has 0 aliphatic heterocycles. The summed E-state index contributed by atoms with van der Waals surface area (Å²) in [5.74, 6) is 0.778. The molecule has 0 unspecified atom stereocenters. The Bertz CT molecular complexity index is 1310. The number of rotatable bonds is 6. The van der Waals surface area contributed by atoms with Crippen LogP contribution in [0.15, 0.2) is 70.1 Å². The normalized spacial score (nSPS) is 11.0. The molecule has 164 valence electrons. The van der Waals surface area contributed by atoms with Crippen molar-refractivity contribution in [2.24, 2.45) is 0 Å². The molecule has 5 nitrogen and oxygen atoms in total. The standard InChI is InChI=1S/C26H27N3O2S/c1-4-19-8-10-24-20(13-19)14-21(25(30)27-24)15-29(16-22-6-5-11-31-22)26(32)28-23-9-7-17(2)12-18(23)3/h5-14H,4,15-16H2,1-3H3,(H,27,30)(H,28,32). The summed E-state index contributed by atoms with van der Waals surface area (Å²) < 4.78 is 5.56. The average Bonchev–Trinajstić information content (AvgIpc) is 3.28. The summed E-state index contributed by atoms with van der Waals surface area (Å²) in [6.45, 7) is 7.05. The van der Waals surface area contributed by atoms with E-state index in [0.29, 0.717) is 23.8 Å². The number of aromatic amines is 1. The number of nitrogens with one attached hydrogen (secondary N) is 2. The van der Waals surface area contributed by atoms with E-state index in [-0.39, 0.29) is 5.56 Å². The van der Waals surface area contributed by atoms with E-state index in [9.17, 15) is 4.79 Å². The molecule has 2 heterocycles. The molecule has 0 aliphatic rings. The molecule has 0 aliphatic carbocycles. The second-order valence-electron chi connectivity index (χ2n) is 8.08. The number of aryl methyl sites for hydroxylation is 3. The Morgan fingerprint density at radius 3 is 2.66 bits per heavy atom. The number of furan rings is 1. The zero-order valence-corrected chi connectivity index (χ0v) is 19.4. The van der Waals surface area contributed by atoms with E-state index in [4.69, 9.17) is 16.6 Å². The Morgan fingerprint density at radius 1 is 1.09 bits per heavy atom. The summed E-state index contributed by atoms with van der Waals surface area (Å²) in [5, 5.41) is 4.90. The smallest absolute Gasteiger partial charge is 0.253 e. The number of benzene rings is 2. The number of anilines is 1. The van der Waals surface area contributed by atoms with Crippen LogP contribution in [0.2, 0.25) is 0 Å². The van der Waals surface area contributed by atoms with Crippen molar-refractivity contribution >= 4 is 33.9 Å². The van der Waals surface area contributed by atoms with E-state index < -0.39 is 0 Å². The lowest BCUT2D eigenvalue weighted by molar-refractivity contribution is 0.359. The van der Waals surface area contributed by atoms with Crippen LogP contribution in [0.4, 0.5) is 5.69 Å². The second kappa shape index (κ2) is 9.40. The molecule has 0 spiro atoms. The largest absolute Gasteiger partial charge is 0.467 e. The maximum absolute atomic E-state index is 12.8. The minimum Gasteiger partial charge on any atom is -0.467 e. The van der Waals surface area contributed by atoms with Crippen molar-refractivity contribution in [1.82, 2.24) is 9.88 Å². The first kappa shape index (κ1) is 21.8. The van der Waals surface area contributed by atoms with Crippen molar-refractivity contribution in [2.45, 2.75) is 40.3 Å². The first-order valence-corrected chi connectivity index (χ1v) is 11.1. The molecule has 6 heteroatoms. The van der Waals surface area contributed by atoms with Gasteiger partial charge < -0.3 is 19.6 Å². The molecular weight excluding hydrogens is 418 g/mol. The van der Waals surface area contributed by atoms with Gasteiger partial charge in [0.05, 0.1) is 19.4 Å². The Morgan fingerprint density at radius 2 is 1.94 bits per heavy atom. The van der Waals surface area contributed by atoms with E-state index in [1.165, 1.54) is 11.1 Å². The zero-order chi connectivity index (χ0) is 22.7. The van der Waals surface area contributed by atoms with Gasteiger partial charge in [-0.15, -0.1) is 0 Å². The number of pyridine rings is 1. The fraction of sp³-hybridized carbons (Fsp3) is 0.231. The maximum atomic E-state index is 12.8. The first-order valence-electron chi connectivity index (χ1n) is 10.7. The van der Waals surface area contributed by atoms with Gasteiger partial charge in [0.1, 0.15) is 5.76 Å². The van der Waals surface area contributed by atoms with Crippen LogP contribution in [-0.4, -0.2) is 15.0 Å². The zero-order valence-electron chi connectivity index (χ0n) is 18.6. The van der Waals surface area contributed by atoms with Crippen LogP contribution in [0.5, 0.6) is 0 Å². The molecule has 2 aromatic heterocycles.